The van der Waals surface area contributed by atoms with E-state index in [9.17, 15) is 9.90 Å². The molecule has 0 saturated heterocycles. The number of benzene rings is 1. The van der Waals surface area contributed by atoms with Gasteiger partial charge in [0.15, 0.2) is 0 Å². The maximum atomic E-state index is 11.5. The van der Waals surface area contributed by atoms with Crippen LogP contribution < -0.4 is 10.6 Å². The molecular formula is C14H22N2O3. The molecule has 106 valence electrons. The Morgan fingerprint density at radius 3 is 2.63 bits per heavy atom. The second-order valence-corrected chi connectivity index (χ2v) is 4.78. The topological polar surface area (TPSA) is 70.6 Å². The lowest BCUT2D eigenvalue weighted by Crippen LogP contribution is -2.47. The van der Waals surface area contributed by atoms with Gasteiger partial charge in [-0.2, -0.15) is 0 Å². The van der Waals surface area contributed by atoms with Crippen LogP contribution in [0.15, 0.2) is 30.3 Å². The third-order valence-corrected chi connectivity index (χ3v) is 2.63. The molecule has 1 aromatic carbocycles. The quantitative estimate of drug-likeness (QED) is 0.687. The Labute approximate surface area is 114 Å². The van der Waals surface area contributed by atoms with Crippen LogP contribution in [0.4, 0.5) is 4.79 Å². The van der Waals surface area contributed by atoms with Crippen LogP contribution in [0, 0.1) is 0 Å². The lowest BCUT2D eigenvalue weighted by Gasteiger charge is -2.22. The smallest absolute Gasteiger partial charge is 0.314 e. The van der Waals surface area contributed by atoms with Crippen molar-refractivity contribution in [2.75, 3.05) is 26.8 Å². The van der Waals surface area contributed by atoms with Crippen molar-refractivity contribution in [2.45, 2.75) is 18.9 Å². The molecule has 1 rings (SSSR count). The molecule has 0 fully saturated rings. The number of hydrogen-bond acceptors (Lipinski definition) is 3. The summed E-state index contributed by atoms with van der Waals surface area (Å²) in [6.45, 7) is 2.50. The van der Waals surface area contributed by atoms with Crippen LogP contribution >= 0.6 is 0 Å². The van der Waals surface area contributed by atoms with Gasteiger partial charge in [-0.15, -0.1) is 0 Å². The van der Waals surface area contributed by atoms with Gasteiger partial charge in [0, 0.05) is 13.7 Å². The Kier molecular flexibility index (Phi) is 6.32. The van der Waals surface area contributed by atoms with E-state index in [4.69, 9.17) is 4.74 Å². The molecule has 0 heterocycles. The van der Waals surface area contributed by atoms with E-state index in [1.54, 1.807) is 6.92 Å². The van der Waals surface area contributed by atoms with Crippen LogP contribution in [-0.2, 0) is 11.2 Å². The number of methoxy groups -OCH3 is 1. The SMILES string of the molecule is COCC(C)(O)CNC(=O)NCCc1ccccc1. The van der Waals surface area contributed by atoms with Crippen molar-refractivity contribution in [2.24, 2.45) is 0 Å². The molecule has 19 heavy (non-hydrogen) atoms. The first-order valence-electron chi connectivity index (χ1n) is 6.30. The van der Waals surface area contributed by atoms with Crippen molar-refractivity contribution in [3.8, 4) is 0 Å². The van der Waals surface area contributed by atoms with Gasteiger partial charge in [0.05, 0.1) is 13.2 Å². The molecule has 0 bridgehead atoms. The Hall–Kier alpha value is -1.59. The second kappa shape index (κ2) is 7.76. The Balaban J connectivity index is 2.18. The summed E-state index contributed by atoms with van der Waals surface area (Å²) in [5, 5.41) is 15.2. The molecule has 0 aliphatic rings. The molecule has 0 aliphatic heterocycles. The summed E-state index contributed by atoms with van der Waals surface area (Å²) in [6.07, 6.45) is 0.780. The van der Waals surface area contributed by atoms with E-state index in [0.717, 1.165) is 6.42 Å². The predicted octanol–water partition coefficient (Wildman–Crippen LogP) is 0.926. The zero-order valence-electron chi connectivity index (χ0n) is 11.5. The third kappa shape index (κ3) is 6.79. The van der Waals surface area contributed by atoms with Gasteiger partial charge in [-0.1, -0.05) is 30.3 Å². The Bertz CT molecular complexity index is 380. The van der Waals surface area contributed by atoms with E-state index in [2.05, 4.69) is 10.6 Å². The van der Waals surface area contributed by atoms with Crippen molar-refractivity contribution in [3.05, 3.63) is 35.9 Å². The van der Waals surface area contributed by atoms with Crippen LogP contribution in [-0.4, -0.2) is 43.5 Å². The van der Waals surface area contributed by atoms with E-state index in [1.807, 2.05) is 30.3 Å². The molecule has 5 nitrogen and oxygen atoms in total. The van der Waals surface area contributed by atoms with E-state index < -0.39 is 5.60 Å². The molecule has 0 spiro atoms. The van der Waals surface area contributed by atoms with E-state index in [0.29, 0.717) is 6.54 Å². The minimum atomic E-state index is -1.05. The molecule has 2 amide bonds. The van der Waals surface area contributed by atoms with Crippen molar-refractivity contribution in [1.29, 1.82) is 0 Å². The highest BCUT2D eigenvalue weighted by atomic mass is 16.5. The van der Waals surface area contributed by atoms with Gasteiger partial charge < -0.3 is 20.5 Å². The number of hydrogen-bond donors (Lipinski definition) is 3. The number of carbonyl (C=O) groups excluding carboxylic acids is 1. The van der Waals surface area contributed by atoms with Gasteiger partial charge >= 0.3 is 6.03 Å². The summed E-state index contributed by atoms with van der Waals surface area (Å²) in [7, 11) is 1.51. The molecule has 1 aromatic rings. The summed E-state index contributed by atoms with van der Waals surface area (Å²) >= 11 is 0. The van der Waals surface area contributed by atoms with Crippen LogP contribution in [0.3, 0.4) is 0 Å². The number of ether oxygens (including phenoxy) is 1. The lowest BCUT2D eigenvalue weighted by molar-refractivity contribution is -0.0136. The van der Waals surface area contributed by atoms with Crippen LogP contribution in [0.1, 0.15) is 12.5 Å². The molecule has 0 aliphatic carbocycles. The number of rotatable bonds is 7. The van der Waals surface area contributed by atoms with Crippen molar-refractivity contribution in [1.82, 2.24) is 10.6 Å². The molecule has 0 aromatic heterocycles. The fraction of sp³-hybridized carbons (Fsp3) is 0.500. The summed E-state index contributed by atoms with van der Waals surface area (Å²) in [4.78, 5) is 11.5. The van der Waals surface area contributed by atoms with Crippen molar-refractivity contribution in [3.63, 3.8) is 0 Å². The van der Waals surface area contributed by atoms with Crippen LogP contribution in [0.25, 0.3) is 0 Å². The average Bonchev–Trinajstić information content (AvgIpc) is 2.38. The highest BCUT2D eigenvalue weighted by Crippen LogP contribution is 2.01. The predicted molar refractivity (Wildman–Crippen MR) is 74.0 cm³/mol. The molecule has 5 heteroatoms. The highest BCUT2D eigenvalue weighted by Gasteiger charge is 2.20. The highest BCUT2D eigenvalue weighted by molar-refractivity contribution is 5.73. The number of urea groups is 1. The van der Waals surface area contributed by atoms with Crippen molar-refractivity contribution < 1.29 is 14.6 Å². The summed E-state index contributed by atoms with van der Waals surface area (Å²) in [6, 6.07) is 9.65. The first-order chi connectivity index (χ1) is 9.03. The third-order valence-electron chi connectivity index (χ3n) is 2.63. The zero-order valence-corrected chi connectivity index (χ0v) is 11.5. The van der Waals surface area contributed by atoms with Gasteiger partial charge in [-0.3, -0.25) is 0 Å². The first kappa shape index (κ1) is 15.5. The lowest BCUT2D eigenvalue weighted by atomic mass is 10.1. The monoisotopic (exact) mass is 266 g/mol. The van der Waals surface area contributed by atoms with Gasteiger partial charge in [0.1, 0.15) is 5.60 Å². The fourth-order valence-electron chi connectivity index (χ4n) is 1.66. The first-order valence-corrected chi connectivity index (χ1v) is 6.30. The van der Waals surface area contributed by atoms with E-state index >= 15 is 0 Å². The summed E-state index contributed by atoms with van der Waals surface area (Å²) in [5.74, 6) is 0. The Morgan fingerprint density at radius 2 is 2.00 bits per heavy atom. The van der Waals surface area contributed by atoms with E-state index in [1.165, 1.54) is 12.7 Å². The molecule has 3 N–H and O–H groups in total. The number of carbonyl (C=O) groups is 1. The van der Waals surface area contributed by atoms with Crippen molar-refractivity contribution >= 4 is 6.03 Å². The maximum absolute atomic E-state index is 11.5. The molecular weight excluding hydrogens is 244 g/mol. The zero-order chi connectivity index (χ0) is 14.1. The normalized spacial score (nSPS) is 13.6. The van der Waals surface area contributed by atoms with E-state index in [-0.39, 0.29) is 19.2 Å². The summed E-state index contributed by atoms with van der Waals surface area (Å²) < 4.78 is 4.86. The average molecular weight is 266 g/mol. The summed E-state index contributed by atoms with van der Waals surface area (Å²) in [5.41, 5.74) is 0.125. The van der Waals surface area contributed by atoms with Gasteiger partial charge in [0.2, 0.25) is 0 Å². The van der Waals surface area contributed by atoms with Crippen LogP contribution in [0.5, 0.6) is 0 Å². The van der Waals surface area contributed by atoms with Gasteiger partial charge in [0.25, 0.3) is 0 Å². The van der Waals surface area contributed by atoms with Gasteiger partial charge in [-0.25, -0.2) is 4.79 Å². The number of amides is 2. The van der Waals surface area contributed by atoms with Gasteiger partial charge in [-0.05, 0) is 18.9 Å². The number of nitrogens with one attached hydrogen (secondary N) is 2. The van der Waals surface area contributed by atoms with Crippen LogP contribution in [0.2, 0.25) is 0 Å². The minimum Gasteiger partial charge on any atom is -0.386 e. The largest absolute Gasteiger partial charge is 0.386 e. The minimum absolute atomic E-state index is 0.151. The molecule has 0 saturated carbocycles. The molecule has 1 atom stereocenters. The molecule has 1 unspecified atom stereocenters. The fourth-order valence-corrected chi connectivity index (χ4v) is 1.66. The molecule has 0 radical (unpaired) electrons. The second-order valence-electron chi connectivity index (χ2n) is 4.78. The number of aliphatic hydroxyl groups is 1. The maximum Gasteiger partial charge on any atom is 0.314 e. The Morgan fingerprint density at radius 1 is 1.32 bits per heavy atom. The standard InChI is InChI=1S/C14H22N2O3/c1-14(18,11-19-2)10-16-13(17)15-9-8-12-6-4-3-5-7-12/h3-7,18H,8-11H2,1-2H3,(H2,15,16,17).